The number of aromatic nitrogens is 1. The van der Waals surface area contributed by atoms with E-state index in [9.17, 15) is 8.42 Å². The lowest BCUT2D eigenvalue weighted by Crippen LogP contribution is -1.98. The summed E-state index contributed by atoms with van der Waals surface area (Å²) >= 11 is 5.80. The molecule has 2 heterocycles. The summed E-state index contributed by atoms with van der Waals surface area (Å²) in [7, 11) is -3.44. The highest BCUT2D eigenvalue weighted by Gasteiger charge is 2.25. The van der Waals surface area contributed by atoms with E-state index < -0.39 is 9.84 Å². The Morgan fingerprint density at radius 3 is 2.86 bits per heavy atom. The number of pyridine rings is 1. The van der Waals surface area contributed by atoms with Gasteiger partial charge in [-0.1, -0.05) is 11.6 Å². The standard InChI is InChI=1S/C8H3ClN2O2S/c9-7-5(3-10)4-11-8-6(7)1-2-14(8,12)13/h1-2,4H. The molecular weight excluding hydrogens is 224 g/mol. The van der Waals surface area contributed by atoms with E-state index in [2.05, 4.69) is 4.98 Å². The summed E-state index contributed by atoms with van der Waals surface area (Å²) in [6.07, 6.45) is 2.51. The van der Waals surface area contributed by atoms with Crippen LogP contribution in [-0.4, -0.2) is 13.4 Å². The molecule has 14 heavy (non-hydrogen) atoms. The summed E-state index contributed by atoms with van der Waals surface area (Å²) < 4.78 is 22.6. The van der Waals surface area contributed by atoms with Crippen LogP contribution in [0.5, 0.6) is 0 Å². The molecule has 0 N–H and O–H groups in total. The van der Waals surface area contributed by atoms with Crippen LogP contribution in [0.1, 0.15) is 11.1 Å². The maximum absolute atomic E-state index is 11.3. The molecule has 1 aromatic heterocycles. The van der Waals surface area contributed by atoms with Gasteiger partial charge in [-0.05, 0) is 6.08 Å². The largest absolute Gasteiger partial charge is 0.242 e. The molecule has 0 amide bonds. The van der Waals surface area contributed by atoms with Gasteiger partial charge in [-0.25, -0.2) is 13.4 Å². The quantitative estimate of drug-likeness (QED) is 0.670. The van der Waals surface area contributed by atoms with Crippen molar-refractivity contribution < 1.29 is 8.42 Å². The smallest absolute Gasteiger partial charge is 0.217 e. The van der Waals surface area contributed by atoms with Crippen molar-refractivity contribution in [2.45, 2.75) is 5.03 Å². The molecule has 0 aromatic carbocycles. The minimum atomic E-state index is -3.44. The Balaban J connectivity index is 2.84. The molecule has 1 aliphatic heterocycles. The predicted octanol–water partition coefficient (Wildman–Crippen LogP) is 1.36. The third-order valence-electron chi connectivity index (χ3n) is 1.82. The van der Waals surface area contributed by atoms with Gasteiger partial charge in [-0.15, -0.1) is 0 Å². The lowest BCUT2D eigenvalue weighted by atomic mass is 10.2. The van der Waals surface area contributed by atoms with E-state index >= 15 is 0 Å². The first kappa shape index (κ1) is 9.19. The van der Waals surface area contributed by atoms with Crippen LogP contribution in [0.4, 0.5) is 0 Å². The van der Waals surface area contributed by atoms with Crippen molar-refractivity contribution in [2.75, 3.05) is 0 Å². The minimum absolute atomic E-state index is 0.0819. The summed E-state index contributed by atoms with van der Waals surface area (Å²) in [6.45, 7) is 0. The minimum Gasteiger partial charge on any atom is -0.242 e. The average molecular weight is 227 g/mol. The molecule has 0 saturated carbocycles. The van der Waals surface area contributed by atoms with Crippen LogP contribution >= 0.6 is 11.6 Å². The van der Waals surface area contributed by atoms with Gasteiger partial charge in [0.2, 0.25) is 9.84 Å². The number of hydrogen-bond acceptors (Lipinski definition) is 4. The van der Waals surface area contributed by atoms with E-state index in [0.717, 1.165) is 11.6 Å². The van der Waals surface area contributed by atoms with Gasteiger partial charge in [0.05, 0.1) is 10.6 Å². The third-order valence-corrected chi connectivity index (χ3v) is 3.58. The van der Waals surface area contributed by atoms with Crippen molar-refractivity contribution in [3.05, 3.63) is 27.8 Å². The molecule has 0 bridgehead atoms. The summed E-state index contributed by atoms with van der Waals surface area (Å²) in [5, 5.41) is 9.71. The number of rotatable bonds is 0. The highest BCUT2D eigenvalue weighted by Crippen LogP contribution is 2.32. The van der Waals surface area contributed by atoms with Crippen molar-refractivity contribution in [1.29, 1.82) is 5.26 Å². The fraction of sp³-hybridized carbons (Fsp3) is 0. The zero-order valence-electron chi connectivity index (χ0n) is 6.73. The average Bonchev–Trinajstić information content (AvgIpc) is 2.44. The molecule has 1 aromatic rings. The number of hydrogen-bond donors (Lipinski definition) is 0. The molecule has 4 nitrogen and oxygen atoms in total. The lowest BCUT2D eigenvalue weighted by Gasteiger charge is -2.00. The summed E-state index contributed by atoms with van der Waals surface area (Å²) in [5.74, 6) is 0. The number of nitrogens with zero attached hydrogens (tertiary/aromatic N) is 2. The van der Waals surface area contributed by atoms with Gasteiger partial charge >= 0.3 is 0 Å². The summed E-state index contributed by atoms with van der Waals surface area (Å²) in [5.41, 5.74) is 0.470. The summed E-state index contributed by atoms with van der Waals surface area (Å²) in [4.78, 5) is 3.69. The van der Waals surface area contributed by atoms with Crippen LogP contribution < -0.4 is 0 Å². The number of fused-ring (bicyclic) bond motifs is 1. The Bertz CT molecular complexity index is 584. The van der Waals surface area contributed by atoms with Crippen LogP contribution in [-0.2, 0) is 9.84 Å². The lowest BCUT2D eigenvalue weighted by molar-refractivity contribution is 0.602. The van der Waals surface area contributed by atoms with Gasteiger partial charge in [0.15, 0.2) is 5.03 Å². The van der Waals surface area contributed by atoms with E-state index in [1.807, 2.05) is 6.07 Å². The zero-order chi connectivity index (χ0) is 10.3. The fourth-order valence-electron chi connectivity index (χ4n) is 1.16. The highest BCUT2D eigenvalue weighted by atomic mass is 35.5. The molecule has 70 valence electrons. The van der Waals surface area contributed by atoms with E-state index in [1.165, 1.54) is 6.08 Å². The van der Waals surface area contributed by atoms with Crippen molar-refractivity contribution >= 4 is 27.5 Å². The normalized spacial score (nSPS) is 16.3. The van der Waals surface area contributed by atoms with Crippen molar-refractivity contribution in [3.63, 3.8) is 0 Å². The Morgan fingerprint density at radius 1 is 1.50 bits per heavy atom. The Labute approximate surface area is 85.4 Å². The van der Waals surface area contributed by atoms with Crippen LogP contribution in [0, 0.1) is 11.3 Å². The first-order chi connectivity index (χ1) is 6.56. The second-order valence-electron chi connectivity index (χ2n) is 2.66. The van der Waals surface area contributed by atoms with Crippen molar-refractivity contribution in [2.24, 2.45) is 0 Å². The molecule has 0 unspecified atom stereocenters. The van der Waals surface area contributed by atoms with Crippen molar-refractivity contribution in [3.8, 4) is 6.07 Å². The monoisotopic (exact) mass is 226 g/mol. The number of halogens is 1. The molecule has 6 heteroatoms. The first-order valence-electron chi connectivity index (χ1n) is 3.58. The molecule has 0 spiro atoms. The summed E-state index contributed by atoms with van der Waals surface area (Å²) in [6, 6.07) is 1.83. The Morgan fingerprint density at radius 2 is 2.21 bits per heavy atom. The van der Waals surface area contributed by atoms with E-state index in [4.69, 9.17) is 16.9 Å². The zero-order valence-corrected chi connectivity index (χ0v) is 8.30. The van der Waals surface area contributed by atoms with Crippen molar-refractivity contribution in [1.82, 2.24) is 4.98 Å². The number of sulfone groups is 1. The molecular formula is C8H3ClN2O2S. The first-order valence-corrected chi connectivity index (χ1v) is 5.50. The third kappa shape index (κ3) is 1.12. The Hall–Kier alpha value is -1.38. The topological polar surface area (TPSA) is 70.8 Å². The van der Waals surface area contributed by atoms with Crippen LogP contribution in [0.3, 0.4) is 0 Å². The molecule has 1 aliphatic rings. The van der Waals surface area contributed by atoms with E-state index in [-0.39, 0.29) is 15.6 Å². The molecule has 0 aliphatic carbocycles. The van der Waals surface area contributed by atoms with Crippen LogP contribution in [0.2, 0.25) is 5.02 Å². The molecule has 0 radical (unpaired) electrons. The SMILES string of the molecule is N#Cc1cnc2c(c1Cl)C=CS2(=O)=O. The van der Waals surface area contributed by atoms with E-state index in [1.54, 1.807) is 0 Å². The Kier molecular flexibility index (Phi) is 1.84. The molecule has 0 atom stereocenters. The molecule has 2 rings (SSSR count). The van der Waals surface area contributed by atoms with Gasteiger partial charge in [0.25, 0.3) is 0 Å². The molecule has 0 fully saturated rings. The maximum atomic E-state index is 11.3. The van der Waals surface area contributed by atoms with Gasteiger partial charge in [0, 0.05) is 17.2 Å². The second kappa shape index (κ2) is 2.80. The van der Waals surface area contributed by atoms with Gasteiger partial charge < -0.3 is 0 Å². The highest BCUT2D eigenvalue weighted by molar-refractivity contribution is 7.94. The van der Waals surface area contributed by atoms with Gasteiger partial charge in [0.1, 0.15) is 6.07 Å². The maximum Gasteiger partial charge on any atom is 0.217 e. The predicted molar refractivity (Wildman–Crippen MR) is 50.2 cm³/mol. The van der Waals surface area contributed by atoms with Gasteiger partial charge in [-0.2, -0.15) is 5.26 Å². The fourth-order valence-corrected chi connectivity index (χ4v) is 2.58. The van der Waals surface area contributed by atoms with Crippen LogP contribution in [0.15, 0.2) is 16.6 Å². The second-order valence-corrected chi connectivity index (χ2v) is 4.79. The van der Waals surface area contributed by atoms with Gasteiger partial charge in [-0.3, -0.25) is 0 Å². The number of nitriles is 1. The van der Waals surface area contributed by atoms with Crippen LogP contribution in [0.25, 0.3) is 6.08 Å². The van der Waals surface area contributed by atoms with E-state index in [0.29, 0.717) is 5.56 Å². The molecule has 0 saturated heterocycles.